The van der Waals surface area contributed by atoms with Gasteiger partial charge in [-0.1, -0.05) is 18.8 Å². The Labute approximate surface area is 197 Å². The lowest BCUT2D eigenvalue weighted by atomic mass is 9.81. The molecule has 0 aliphatic heterocycles. The summed E-state index contributed by atoms with van der Waals surface area (Å²) in [6, 6.07) is -0.106. The molecule has 2 N–H and O–H groups in total. The number of aliphatic hydroxyl groups is 1. The molecule has 0 aromatic carbocycles. The van der Waals surface area contributed by atoms with Gasteiger partial charge in [0.1, 0.15) is 0 Å². The summed E-state index contributed by atoms with van der Waals surface area (Å²) in [7, 11) is 0. The first-order valence-electron chi connectivity index (χ1n) is 11.7. The molecule has 0 aromatic rings. The van der Waals surface area contributed by atoms with Crippen LogP contribution in [0.4, 0.5) is 0 Å². The predicted molar refractivity (Wildman–Crippen MR) is 131 cm³/mol. The standard InChI is InChI=1S/C26H39NO4S/c1-18-6-8-19(9-7-18)25(31)27(20-10-12-22(28)13-11-20)21(17-24(29)30)16-23(32-5)14-15-26(2,3)4/h16-20,22,28H,6-13H2,1-5H3,(H,29,30)/b21-17-,23-16-/t18-,19-,20-,22-. The molecule has 6 heteroatoms. The normalized spacial score (nSPS) is 27.3. The number of aliphatic carboxylic acids is 1. The van der Waals surface area contributed by atoms with Crippen molar-refractivity contribution in [3.63, 3.8) is 0 Å². The van der Waals surface area contributed by atoms with Crippen molar-refractivity contribution in [2.75, 3.05) is 6.26 Å². The first-order chi connectivity index (χ1) is 15.0. The van der Waals surface area contributed by atoms with Crippen LogP contribution in [0.1, 0.15) is 79.1 Å². The summed E-state index contributed by atoms with van der Waals surface area (Å²) >= 11 is 1.45. The molecule has 2 rings (SSSR count). The van der Waals surface area contributed by atoms with E-state index in [1.807, 2.05) is 27.0 Å². The maximum absolute atomic E-state index is 13.8. The molecule has 2 saturated carbocycles. The van der Waals surface area contributed by atoms with E-state index in [0.717, 1.165) is 36.7 Å². The van der Waals surface area contributed by atoms with Crippen molar-refractivity contribution in [3.8, 4) is 11.8 Å². The van der Waals surface area contributed by atoms with Gasteiger partial charge in [-0.25, -0.2) is 4.79 Å². The van der Waals surface area contributed by atoms with Crippen molar-refractivity contribution in [1.82, 2.24) is 4.90 Å². The molecule has 0 unspecified atom stereocenters. The first kappa shape index (κ1) is 26.5. The Morgan fingerprint density at radius 1 is 1.00 bits per heavy atom. The minimum atomic E-state index is -1.08. The van der Waals surface area contributed by atoms with Crippen LogP contribution in [0.15, 0.2) is 22.8 Å². The first-order valence-corrected chi connectivity index (χ1v) is 13.0. The van der Waals surface area contributed by atoms with Crippen LogP contribution in [0.2, 0.25) is 0 Å². The van der Waals surface area contributed by atoms with Gasteiger partial charge >= 0.3 is 5.97 Å². The van der Waals surface area contributed by atoms with Crippen LogP contribution in [0.3, 0.4) is 0 Å². The predicted octanol–water partition coefficient (Wildman–Crippen LogP) is 5.21. The van der Waals surface area contributed by atoms with Gasteiger partial charge in [0.2, 0.25) is 5.91 Å². The molecule has 0 aromatic heterocycles. The summed E-state index contributed by atoms with van der Waals surface area (Å²) in [5.41, 5.74) is 0.217. The fourth-order valence-corrected chi connectivity index (χ4v) is 4.77. The van der Waals surface area contributed by atoms with Crippen molar-refractivity contribution in [3.05, 3.63) is 22.8 Å². The molecule has 0 atom stereocenters. The molecule has 2 fully saturated rings. The van der Waals surface area contributed by atoms with Gasteiger partial charge in [0.15, 0.2) is 0 Å². The summed E-state index contributed by atoms with van der Waals surface area (Å²) in [6.45, 7) is 8.30. The second kappa shape index (κ2) is 12.0. The van der Waals surface area contributed by atoms with Crippen LogP contribution >= 0.6 is 11.8 Å². The number of carboxylic acid groups (broad SMARTS) is 1. The molecule has 32 heavy (non-hydrogen) atoms. The van der Waals surface area contributed by atoms with Gasteiger partial charge in [0, 0.05) is 23.5 Å². The van der Waals surface area contributed by atoms with Crippen molar-refractivity contribution in [2.24, 2.45) is 17.3 Å². The molecular formula is C26H39NO4S. The smallest absolute Gasteiger partial charge is 0.330 e. The number of aliphatic hydroxyl groups excluding tert-OH is 1. The number of amides is 1. The van der Waals surface area contributed by atoms with Crippen molar-refractivity contribution in [1.29, 1.82) is 0 Å². The number of hydrogen-bond acceptors (Lipinski definition) is 4. The number of carbonyl (C=O) groups is 2. The summed E-state index contributed by atoms with van der Waals surface area (Å²) < 4.78 is 0. The Morgan fingerprint density at radius 3 is 2.09 bits per heavy atom. The highest BCUT2D eigenvalue weighted by Gasteiger charge is 2.35. The summed E-state index contributed by atoms with van der Waals surface area (Å²) in [6.07, 6.45) is 10.8. The number of hydrogen-bond donors (Lipinski definition) is 2. The highest BCUT2D eigenvalue weighted by molar-refractivity contribution is 8.02. The Kier molecular flexibility index (Phi) is 9.91. The van der Waals surface area contributed by atoms with E-state index < -0.39 is 5.97 Å². The SMILES string of the molecule is CS/C(C#CC(C)(C)C)=C\C(=C\C(=O)O)N(C(=O)[C@H]1CC[C@H](C)CC1)[C@H]1CC[C@H](O)CC1. The van der Waals surface area contributed by atoms with E-state index in [0.29, 0.717) is 37.3 Å². The van der Waals surface area contributed by atoms with Crippen molar-refractivity contribution >= 4 is 23.6 Å². The number of carboxylic acids is 1. The number of allylic oxidation sites excluding steroid dienone is 2. The summed E-state index contributed by atoms with van der Waals surface area (Å²) in [5.74, 6) is 5.86. The minimum absolute atomic E-state index is 0.0197. The van der Waals surface area contributed by atoms with Crippen LogP contribution in [0.25, 0.3) is 0 Å². The lowest BCUT2D eigenvalue weighted by Crippen LogP contribution is -2.45. The van der Waals surface area contributed by atoms with Gasteiger partial charge in [0.25, 0.3) is 0 Å². The third kappa shape index (κ3) is 8.33. The van der Waals surface area contributed by atoms with E-state index in [9.17, 15) is 19.8 Å². The van der Waals surface area contributed by atoms with Gasteiger partial charge in [-0.3, -0.25) is 4.79 Å². The van der Waals surface area contributed by atoms with Crippen LogP contribution < -0.4 is 0 Å². The minimum Gasteiger partial charge on any atom is -0.478 e. The average Bonchev–Trinajstić information content (AvgIpc) is 2.71. The molecule has 2 aliphatic rings. The van der Waals surface area contributed by atoms with E-state index in [4.69, 9.17) is 0 Å². The molecule has 2 aliphatic carbocycles. The van der Waals surface area contributed by atoms with E-state index in [2.05, 4.69) is 18.8 Å². The van der Waals surface area contributed by atoms with Crippen molar-refractivity contribution < 1.29 is 19.8 Å². The quantitative estimate of drug-likeness (QED) is 0.323. The number of rotatable bonds is 6. The zero-order chi connectivity index (χ0) is 23.9. The average molecular weight is 462 g/mol. The Bertz CT molecular complexity index is 783. The van der Waals surface area contributed by atoms with E-state index in [-0.39, 0.29) is 29.4 Å². The van der Waals surface area contributed by atoms with Gasteiger partial charge in [-0.05, 0) is 90.4 Å². The largest absolute Gasteiger partial charge is 0.478 e. The third-order valence-electron chi connectivity index (χ3n) is 6.24. The number of thioether (sulfide) groups is 1. The maximum Gasteiger partial charge on any atom is 0.330 e. The van der Waals surface area contributed by atoms with Crippen molar-refractivity contribution in [2.45, 2.75) is 91.2 Å². The molecule has 1 amide bonds. The topological polar surface area (TPSA) is 77.8 Å². The monoisotopic (exact) mass is 461 g/mol. The Balaban J connectivity index is 2.46. The second-order valence-corrected chi connectivity index (χ2v) is 11.1. The molecule has 0 radical (unpaired) electrons. The second-order valence-electron chi connectivity index (χ2n) is 10.2. The zero-order valence-electron chi connectivity index (χ0n) is 20.2. The van der Waals surface area contributed by atoms with Crippen LogP contribution in [-0.2, 0) is 9.59 Å². The summed E-state index contributed by atoms with van der Waals surface area (Å²) in [5, 5.41) is 19.6. The van der Waals surface area contributed by atoms with Gasteiger partial charge in [0.05, 0.1) is 16.7 Å². The van der Waals surface area contributed by atoms with E-state index in [1.165, 1.54) is 11.8 Å². The molecule has 0 bridgehead atoms. The molecule has 0 saturated heterocycles. The zero-order valence-corrected chi connectivity index (χ0v) is 21.0. The van der Waals surface area contributed by atoms with Gasteiger partial charge < -0.3 is 15.1 Å². The maximum atomic E-state index is 13.8. The van der Waals surface area contributed by atoms with Gasteiger partial charge in [-0.15, -0.1) is 11.8 Å². The van der Waals surface area contributed by atoms with Crippen LogP contribution in [0, 0.1) is 29.1 Å². The molecule has 0 spiro atoms. The highest BCUT2D eigenvalue weighted by atomic mass is 32.2. The molecule has 178 valence electrons. The Hall–Kier alpha value is -1.71. The Morgan fingerprint density at radius 2 is 1.59 bits per heavy atom. The number of nitrogens with zero attached hydrogens (tertiary/aromatic N) is 1. The highest BCUT2D eigenvalue weighted by Crippen LogP contribution is 2.34. The van der Waals surface area contributed by atoms with Crippen LogP contribution in [0.5, 0.6) is 0 Å². The fraction of sp³-hybridized carbons (Fsp3) is 0.692. The lowest BCUT2D eigenvalue weighted by molar-refractivity contribution is -0.137. The lowest BCUT2D eigenvalue weighted by Gasteiger charge is -2.39. The molecule has 0 heterocycles. The molecular weight excluding hydrogens is 422 g/mol. The van der Waals surface area contributed by atoms with E-state index in [1.54, 1.807) is 11.0 Å². The third-order valence-corrected chi connectivity index (χ3v) is 6.90. The van der Waals surface area contributed by atoms with E-state index >= 15 is 0 Å². The van der Waals surface area contributed by atoms with Gasteiger partial charge in [-0.2, -0.15) is 0 Å². The fourth-order valence-electron chi connectivity index (χ4n) is 4.37. The molecule has 5 nitrogen and oxygen atoms in total. The number of carbonyl (C=O) groups excluding carboxylic acids is 1. The van der Waals surface area contributed by atoms with Crippen LogP contribution in [-0.4, -0.2) is 45.4 Å². The summed E-state index contributed by atoms with van der Waals surface area (Å²) in [4.78, 5) is 28.0.